The lowest BCUT2D eigenvalue weighted by Gasteiger charge is -2.52. The van der Waals surface area contributed by atoms with E-state index >= 15 is 0 Å². The van der Waals surface area contributed by atoms with E-state index in [1.54, 1.807) is 11.9 Å². The predicted molar refractivity (Wildman–Crippen MR) is 142 cm³/mol. The van der Waals surface area contributed by atoms with E-state index in [4.69, 9.17) is 5.73 Å². The van der Waals surface area contributed by atoms with Crippen molar-refractivity contribution in [3.05, 3.63) is 28.3 Å². The zero-order valence-electron chi connectivity index (χ0n) is 24.3. The zero-order chi connectivity index (χ0) is 31.8. The van der Waals surface area contributed by atoms with Crippen molar-refractivity contribution < 1.29 is 47.4 Å². The predicted octanol–water partition coefficient (Wildman–Crippen LogP) is 1.36. The number of fused-ring (bicyclic) bond motifs is 3. The van der Waals surface area contributed by atoms with Crippen LogP contribution < -0.4 is 5.73 Å². The van der Waals surface area contributed by atoms with Gasteiger partial charge in [-0.05, 0) is 69.9 Å². The number of carbonyl (C=O) groups is 5. The number of hydrogen-bond donors (Lipinski definition) is 3. The first-order chi connectivity index (χ1) is 19.3. The second-order valence-electron chi connectivity index (χ2n) is 12.5. The Balaban J connectivity index is 1.88. The third-order valence-electron chi connectivity index (χ3n) is 9.51. The van der Waals surface area contributed by atoms with E-state index in [1.807, 2.05) is 20.8 Å². The summed E-state index contributed by atoms with van der Waals surface area (Å²) in [6.45, 7) is 5.52. The van der Waals surface area contributed by atoms with Gasteiger partial charge in [0.15, 0.2) is 34.7 Å². The summed E-state index contributed by atoms with van der Waals surface area (Å²) < 4.78 is 44.0. The van der Waals surface area contributed by atoms with E-state index in [-0.39, 0.29) is 30.5 Å². The van der Waals surface area contributed by atoms with Gasteiger partial charge in [-0.1, -0.05) is 13.8 Å². The number of halogens is 3. The first kappa shape index (κ1) is 31.8. The molecule has 230 valence electrons. The van der Waals surface area contributed by atoms with Crippen LogP contribution in [0.2, 0.25) is 0 Å². The first-order valence-corrected chi connectivity index (χ1v) is 13.8. The summed E-state index contributed by atoms with van der Waals surface area (Å²) >= 11 is 0. The third-order valence-corrected chi connectivity index (χ3v) is 9.51. The van der Waals surface area contributed by atoms with Crippen molar-refractivity contribution in [2.24, 2.45) is 35.3 Å². The van der Waals surface area contributed by atoms with Crippen LogP contribution in [-0.2, 0) is 38.3 Å². The maximum Gasteiger partial charge on any atom is 0.417 e. The molecule has 2 fully saturated rings. The average Bonchev–Trinajstić information content (AvgIpc) is 2.84. The molecule has 0 saturated heterocycles. The van der Waals surface area contributed by atoms with Gasteiger partial charge in [0.25, 0.3) is 0 Å². The van der Waals surface area contributed by atoms with Gasteiger partial charge in [0.1, 0.15) is 5.75 Å². The molecule has 4 rings (SSSR count). The zero-order valence-corrected chi connectivity index (χ0v) is 24.3. The summed E-state index contributed by atoms with van der Waals surface area (Å²) in [6.07, 6.45) is -5.72. The van der Waals surface area contributed by atoms with Gasteiger partial charge in [-0.25, -0.2) is 0 Å². The molecule has 3 aliphatic carbocycles. The monoisotopic (exact) mass is 595 g/mol. The summed E-state index contributed by atoms with van der Waals surface area (Å²) in [6, 6.07) is -0.582. The number of alkyl halides is 3. The van der Waals surface area contributed by atoms with E-state index in [2.05, 4.69) is 0 Å². The number of primary amides is 1. The number of nitrogens with zero attached hydrogens (tertiary/aromatic N) is 2. The second kappa shape index (κ2) is 10.5. The molecular weight excluding hydrogens is 559 g/mol. The van der Waals surface area contributed by atoms with Crippen LogP contribution in [0.1, 0.15) is 54.2 Å². The Hall–Kier alpha value is -3.16. The quantitative estimate of drug-likeness (QED) is 0.413. The third kappa shape index (κ3) is 4.65. The second-order valence-corrected chi connectivity index (χ2v) is 12.5. The van der Waals surface area contributed by atoms with Crippen molar-refractivity contribution in [2.75, 3.05) is 21.1 Å². The number of carbonyl (C=O) groups excluding carboxylic acids is 5. The highest BCUT2D eigenvalue weighted by Crippen LogP contribution is 2.52. The lowest BCUT2D eigenvalue weighted by atomic mass is 9.52. The van der Waals surface area contributed by atoms with Gasteiger partial charge >= 0.3 is 6.18 Å². The fourth-order valence-corrected chi connectivity index (χ4v) is 7.14. The van der Waals surface area contributed by atoms with Crippen LogP contribution in [0.5, 0.6) is 5.75 Å². The average molecular weight is 596 g/mol. The number of aromatic hydroxyl groups is 1. The number of likely N-dealkylation sites (N-methyl/N-ethyl adjacent to an activating group) is 1. The molecule has 1 aromatic rings. The first-order valence-electron chi connectivity index (χ1n) is 13.8. The molecule has 7 atom stereocenters. The molecule has 3 aliphatic rings. The number of phenols is 1. The van der Waals surface area contributed by atoms with E-state index in [0.29, 0.717) is 0 Å². The Labute approximate surface area is 241 Å². The summed E-state index contributed by atoms with van der Waals surface area (Å²) in [5.41, 5.74) is -0.121. The summed E-state index contributed by atoms with van der Waals surface area (Å²) in [5.74, 6) is -13.3. The van der Waals surface area contributed by atoms with E-state index in [9.17, 15) is 47.4 Å². The molecule has 0 bridgehead atoms. The number of aliphatic hydroxyl groups is 1. The van der Waals surface area contributed by atoms with Crippen LogP contribution >= 0.6 is 0 Å². The Morgan fingerprint density at radius 3 is 2.21 bits per heavy atom. The highest BCUT2D eigenvalue weighted by molar-refractivity contribution is 6.32. The highest BCUT2D eigenvalue weighted by atomic mass is 19.4. The van der Waals surface area contributed by atoms with Crippen molar-refractivity contribution in [3.63, 3.8) is 0 Å². The number of phenolic OH excluding ortho intramolecular Hbond substituents is 1. The van der Waals surface area contributed by atoms with Gasteiger partial charge in [0.2, 0.25) is 5.91 Å². The molecule has 0 aromatic heterocycles. The Kier molecular flexibility index (Phi) is 7.96. The molecule has 1 amide bonds. The summed E-state index contributed by atoms with van der Waals surface area (Å²) in [4.78, 5) is 69.2. The lowest BCUT2D eigenvalue weighted by molar-refractivity contribution is -0.181. The van der Waals surface area contributed by atoms with Crippen LogP contribution in [0.15, 0.2) is 6.07 Å². The number of rotatable bonds is 6. The van der Waals surface area contributed by atoms with Gasteiger partial charge in [-0.2, -0.15) is 13.2 Å². The van der Waals surface area contributed by atoms with Crippen LogP contribution in [0.4, 0.5) is 13.2 Å². The molecule has 1 aromatic carbocycles. The number of ketones is 4. The Bertz CT molecular complexity index is 1370. The largest absolute Gasteiger partial charge is 0.507 e. The minimum Gasteiger partial charge on any atom is -0.507 e. The number of benzene rings is 1. The van der Waals surface area contributed by atoms with E-state index in [0.717, 1.165) is 6.07 Å². The highest BCUT2D eigenvalue weighted by Gasteiger charge is 2.69. The van der Waals surface area contributed by atoms with E-state index in [1.165, 1.54) is 19.0 Å². The molecule has 13 heteroatoms. The van der Waals surface area contributed by atoms with Crippen LogP contribution in [0.3, 0.4) is 0 Å². The number of Topliss-reactive ketones (excluding diaryl/α,β-unsaturated/α-hetero) is 4. The fourth-order valence-electron chi connectivity index (χ4n) is 7.14. The molecule has 2 saturated carbocycles. The maximum absolute atomic E-state index is 14.7. The molecular formula is C29H36F3N3O7. The molecule has 2 unspecified atom stereocenters. The SMILES string of the molecule is CC(C)[C@@H](C)N(C)Cc1cc(O)c2c(c1C(F)(F)F)C[C@H]1C[C@H]3[C@H](N(C)C)C(=O)C(C(N)=O)C(=O)[C@@]3(O)C(=O)C1C2=O. The topological polar surface area (TPSA) is 158 Å². The lowest BCUT2D eigenvalue weighted by Crippen LogP contribution is -2.74. The number of amides is 1. The van der Waals surface area contributed by atoms with Gasteiger partial charge < -0.3 is 15.9 Å². The van der Waals surface area contributed by atoms with Crippen molar-refractivity contribution in [1.29, 1.82) is 0 Å². The molecule has 0 aliphatic heterocycles. The molecule has 10 nitrogen and oxygen atoms in total. The van der Waals surface area contributed by atoms with Crippen LogP contribution in [0, 0.1) is 29.6 Å². The van der Waals surface area contributed by atoms with Crippen molar-refractivity contribution in [2.45, 2.75) is 64.0 Å². The minimum atomic E-state index is -4.92. The number of hydrogen-bond acceptors (Lipinski definition) is 9. The molecule has 42 heavy (non-hydrogen) atoms. The Morgan fingerprint density at radius 1 is 1.12 bits per heavy atom. The molecule has 0 spiro atoms. The number of nitrogens with two attached hydrogens (primary N) is 1. The molecule has 0 heterocycles. The minimum absolute atomic E-state index is 0.113. The summed E-state index contributed by atoms with van der Waals surface area (Å²) in [5, 5.41) is 22.5. The Morgan fingerprint density at radius 2 is 1.71 bits per heavy atom. The van der Waals surface area contributed by atoms with E-state index < -0.39 is 99.4 Å². The van der Waals surface area contributed by atoms with Crippen LogP contribution in [0.25, 0.3) is 0 Å². The smallest absolute Gasteiger partial charge is 0.417 e. The molecule has 4 N–H and O–H groups in total. The van der Waals surface area contributed by atoms with Gasteiger partial charge in [0, 0.05) is 18.5 Å². The van der Waals surface area contributed by atoms with Crippen molar-refractivity contribution in [1.82, 2.24) is 9.80 Å². The normalized spacial score (nSPS) is 30.5. The standard InChI is InChI=1S/C29H36F3N3O7/c1-11(2)12(3)35(6)10-14-9-17(36)19-15(21(14)29(30,31)32)7-13-8-16-22(34(4)5)24(38)20(27(33)41)26(40)28(16,42)25(39)18(13)23(19)37/h9,11-13,16,18,20,22,36,42H,7-8,10H2,1-6H3,(H2,33,41)/t12-,13+,16+,18?,20?,22+,28+/m1/s1. The van der Waals surface area contributed by atoms with Crippen LogP contribution in [-0.4, -0.2) is 87.9 Å². The van der Waals surface area contributed by atoms with Gasteiger partial charge in [-0.3, -0.25) is 33.8 Å². The maximum atomic E-state index is 14.7. The summed E-state index contributed by atoms with van der Waals surface area (Å²) in [7, 11) is 4.51. The van der Waals surface area contributed by atoms with Crippen molar-refractivity contribution in [3.8, 4) is 5.75 Å². The fraction of sp³-hybridized carbons (Fsp3) is 0.621. The van der Waals surface area contributed by atoms with Gasteiger partial charge in [0.05, 0.1) is 23.1 Å². The van der Waals surface area contributed by atoms with Crippen molar-refractivity contribution >= 4 is 29.0 Å². The molecule has 0 radical (unpaired) electrons. The van der Waals surface area contributed by atoms with Gasteiger partial charge in [-0.15, -0.1) is 0 Å².